The zero-order chi connectivity index (χ0) is 12.8. The lowest BCUT2D eigenvalue weighted by atomic mass is 9.83. The summed E-state index contributed by atoms with van der Waals surface area (Å²) >= 11 is 0. The molecule has 1 fully saturated rings. The lowest BCUT2D eigenvalue weighted by Crippen LogP contribution is -2.48. The highest BCUT2D eigenvalue weighted by Crippen LogP contribution is 2.27. The molecule has 0 aromatic rings. The second-order valence-corrected chi connectivity index (χ2v) is 5.78. The highest BCUT2D eigenvalue weighted by atomic mass is 16.2. The van der Waals surface area contributed by atoms with Crippen LogP contribution in [0.3, 0.4) is 0 Å². The van der Waals surface area contributed by atoms with E-state index < -0.39 is 0 Å². The van der Waals surface area contributed by atoms with Gasteiger partial charge in [0.25, 0.3) is 0 Å². The molecule has 0 aromatic heterocycles. The van der Waals surface area contributed by atoms with E-state index in [4.69, 9.17) is 5.73 Å². The Morgan fingerprint density at radius 2 is 1.88 bits per heavy atom. The minimum absolute atomic E-state index is 0.0268. The van der Waals surface area contributed by atoms with Gasteiger partial charge in [0, 0.05) is 6.04 Å². The van der Waals surface area contributed by atoms with Crippen molar-refractivity contribution in [3.63, 3.8) is 0 Å². The zero-order valence-electron chi connectivity index (χ0n) is 11.5. The number of rotatable bonds is 5. The first kappa shape index (κ1) is 14.5. The molecule has 1 amide bonds. The smallest absolute Gasteiger partial charge is 0.237 e. The third-order valence-electron chi connectivity index (χ3n) is 3.91. The lowest BCUT2D eigenvalue weighted by molar-refractivity contribution is -0.124. The van der Waals surface area contributed by atoms with Gasteiger partial charge < -0.3 is 11.1 Å². The van der Waals surface area contributed by atoms with Gasteiger partial charge in [-0.3, -0.25) is 4.79 Å². The van der Waals surface area contributed by atoms with Crippen LogP contribution in [-0.4, -0.2) is 18.0 Å². The SMILES string of the molecule is CCCC1CCC(NC(=O)[C@H](N)C(C)C)CC1. The van der Waals surface area contributed by atoms with E-state index in [1.54, 1.807) is 0 Å². The minimum Gasteiger partial charge on any atom is -0.352 e. The molecular formula is C14H28N2O. The first-order valence-corrected chi connectivity index (χ1v) is 7.10. The Balaban J connectivity index is 2.28. The van der Waals surface area contributed by atoms with Crippen molar-refractivity contribution >= 4 is 5.91 Å². The fourth-order valence-electron chi connectivity index (χ4n) is 2.60. The lowest BCUT2D eigenvalue weighted by Gasteiger charge is -2.30. The molecule has 1 atom stereocenters. The van der Waals surface area contributed by atoms with E-state index in [1.165, 1.54) is 25.7 Å². The standard InChI is InChI=1S/C14H28N2O/c1-4-5-11-6-8-12(9-7-11)16-14(17)13(15)10(2)3/h10-13H,4-9,15H2,1-3H3,(H,16,17)/t11?,12?,13-/m1/s1. The summed E-state index contributed by atoms with van der Waals surface area (Å²) in [7, 11) is 0. The van der Waals surface area contributed by atoms with Crippen LogP contribution >= 0.6 is 0 Å². The number of nitrogens with two attached hydrogens (primary N) is 1. The van der Waals surface area contributed by atoms with Crippen molar-refractivity contribution in [1.29, 1.82) is 0 Å². The monoisotopic (exact) mass is 240 g/mol. The van der Waals surface area contributed by atoms with E-state index >= 15 is 0 Å². The number of carbonyl (C=O) groups excluding carboxylic acids is 1. The number of hydrogen-bond acceptors (Lipinski definition) is 2. The highest BCUT2D eigenvalue weighted by Gasteiger charge is 2.24. The maximum Gasteiger partial charge on any atom is 0.237 e. The third kappa shape index (κ3) is 4.66. The molecule has 0 saturated heterocycles. The van der Waals surface area contributed by atoms with E-state index in [0.29, 0.717) is 6.04 Å². The molecule has 0 aliphatic heterocycles. The number of carbonyl (C=O) groups is 1. The fraction of sp³-hybridized carbons (Fsp3) is 0.929. The summed E-state index contributed by atoms with van der Waals surface area (Å²) in [5.41, 5.74) is 5.84. The first-order valence-electron chi connectivity index (χ1n) is 7.10. The molecule has 3 heteroatoms. The molecule has 3 nitrogen and oxygen atoms in total. The summed E-state index contributed by atoms with van der Waals surface area (Å²) in [6, 6.07) is 0.00349. The Morgan fingerprint density at radius 1 is 1.29 bits per heavy atom. The van der Waals surface area contributed by atoms with Crippen molar-refractivity contribution in [1.82, 2.24) is 5.32 Å². The van der Waals surface area contributed by atoms with E-state index in [2.05, 4.69) is 12.2 Å². The molecule has 1 saturated carbocycles. The first-order chi connectivity index (χ1) is 8.04. The van der Waals surface area contributed by atoms with Crippen molar-refractivity contribution in [2.45, 2.75) is 71.4 Å². The Kier molecular flexibility index (Phi) is 5.96. The molecule has 3 N–H and O–H groups in total. The molecule has 1 aliphatic carbocycles. The van der Waals surface area contributed by atoms with Gasteiger partial charge in [-0.25, -0.2) is 0 Å². The molecule has 0 aromatic carbocycles. The average molecular weight is 240 g/mol. The molecule has 0 heterocycles. The quantitative estimate of drug-likeness (QED) is 0.775. The van der Waals surface area contributed by atoms with Gasteiger partial charge >= 0.3 is 0 Å². The topological polar surface area (TPSA) is 55.1 Å². The normalized spacial score (nSPS) is 26.9. The number of amides is 1. The Labute approximate surface area is 106 Å². The molecule has 1 aliphatic rings. The second kappa shape index (κ2) is 7.00. The minimum atomic E-state index is -0.358. The van der Waals surface area contributed by atoms with Crippen LogP contribution in [0.15, 0.2) is 0 Å². The van der Waals surface area contributed by atoms with Crippen molar-refractivity contribution < 1.29 is 4.79 Å². The summed E-state index contributed by atoms with van der Waals surface area (Å²) in [5, 5.41) is 3.10. The van der Waals surface area contributed by atoms with Crippen LogP contribution < -0.4 is 11.1 Å². The van der Waals surface area contributed by atoms with Crippen molar-refractivity contribution in [2.24, 2.45) is 17.6 Å². The highest BCUT2D eigenvalue weighted by molar-refractivity contribution is 5.82. The van der Waals surface area contributed by atoms with E-state index in [-0.39, 0.29) is 17.9 Å². The van der Waals surface area contributed by atoms with Gasteiger partial charge in [0.2, 0.25) is 5.91 Å². The van der Waals surface area contributed by atoms with Crippen molar-refractivity contribution in [2.75, 3.05) is 0 Å². The van der Waals surface area contributed by atoms with Gasteiger partial charge in [-0.1, -0.05) is 33.6 Å². The molecular weight excluding hydrogens is 212 g/mol. The summed E-state index contributed by atoms with van der Waals surface area (Å²) < 4.78 is 0. The van der Waals surface area contributed by atoms with E-state index in [0.717, 1.165) is 18.8 Å². The Hall–Kier alpha value is -0.570. The Morgan fingerprint density at radius 3 is 2.35 bits per heavy atom. The van der Waals surface area contributed by atoms with Crippen LogP contribution in [0.2, 0.25) is 0 Å². The molecule has 17 heavy (non-hydrogen) atoms. The molecule has 0 radical (unpaired) electrons. The predicted octanol–water partition coefficient (Wildman–Crippen LogP) is 2.44. The predicted molar refractivity (Wildman–Crippen MR) is 71.6 cm³/mol. The van der Waals surface area contributed by atoms with Crippen LogP contribution in [0.4, 0.5) is 0 Å². The van der Waals surface area contributed by atoms with Crippen molar-refractivity contribution in [3.05, 3.63) is 0 Å². The maximum absolute atomic E-state index is 11.8. The average Bonchev–Trinajstić information content (AvgIpc) is 2.30. The number of nitrogens with one attached hydrogen (secondary N) is 1. The van der Waals surface area contributed by atoms with Gasteiger partial charge in [-0.15, -0.1) is 0 Å². The molecule has 100 valence electrons. The van der Waals surface area contributed by atoms with Gasteiger partial charge in [0.1, 0.15) is 0 Å². The summed E-state index contributed by atoms with van der Waals surface area (Å²) in [6.07, 6.45) is 7.39. The third-order valence-corrected chi connectivity index (χ3v) is 3.91. The van der Waals surface area contributed by atoms with Gasteiger partial charge in [0.05, 0.1) is 6.04 Å². The van der Waals surface area contributed by atoms with E-state index in [9.17, 15) is 4.79 Å². The molecule has 0 spiro atoms. The largest absolute Gasteiger partial charge is 0.352 e. The van der Waals surface area contributed by atoms with Gasteiger partial charge in [-0.2, -0.15) is 0 Å². The Bertz CT molecular complexity index is 232. The summed E-state index contributed by atoms with van der Waals surface area (Å²) in [5.74, 6) is 1.12. The fourth-order valence-corrected chi connectivity index (χ4v) is 2.60. The van der Waals surface area contributed by atoms with Crippen LogP contribution in [-0.2, 0) is 4.79 Å². The van der Waals surface area contributed by atoms with Crippen LogP contribution in [0.5, 0.6) is 0 Å². The molecule has 0 bridgehead atoms. The van der Waals surface area contributed by atoms with Crippen LogP contribution in [0.1, 0.15) is 59.3 Å². The number of hydrogen-bond donors (Lipinski definition) is 2. The molecule has 0 unspecified atom stereocenters. The van der Waals surface area contributed by atoms with E-state index in [1.807, 2.05) is 13.8 Å². The van der Waals surface area contributed by atoms with Crippen molar-refractivity contribution in [3.8, 4) is 0 Å². The summed E-state index contributed by atoms with van der Waals surface area (Å²) in [4.78, 5) is 11.8. The van der Waals surface area contributed by atoms with Crippen LogP contribution in [0, 0.1) is 11.8 Å². The maximum atomic E-state index is 11.8. The zero-order valence-corrected chi connectivity index (χ0v) is 11.5. The van der Waals surface area contributed by atoms with Crippen LogP contribution in [0.25, 0.3) is 0 Å². The second-order valence-electron chi connectivity index (χ2n) is 5.78. The summed E-state index contributed by atoms with van der Waals surface area (Å²) in [6.45, 7) is 6.22. The van der Waals surface area contributed by atoms with Gasteiger partial charge in [-0.05, 0) is 37.5 Å². The molecule has 1 rings (SSSR count). The van der Waals surface area contributed by atoms with Gasteiger partial charge in [0.15, 0.2) is 0 Å².